The summed E-state index contributed by atoms with van der Waals surface area (Å²) in [6, 6.07) is 4.41. The Morgan fingerprint density at radius 3 is 2.76 bits per heavy atom. The highest BCUT2D eigenvalue weighted by molar-refractivity contribution is 7.17. The van der Waals surface area contributed by atoms with Crippen molar-refractivity contribution in [2.75, 3.05) is 31.2 Å². The van der Waals surface area contributed by atoms with Gasteiger partial charge in [0.25, 0.3) is 0 Å². The smallest absolute Gasteiger partial charge is 0.131 e. The number of rotatable bonds is 2. The molecular weight excluding hydrogens is 234 g/mol. The Labute approximate surface area is 104 Å². The highest BCUT2D eigenvalue weighted by Gasteiger charge is 2.23. The van der Waals surface area contributed by atoms with Gasteiger partial charge in [0.05, 0.1) is 5.69 Å². The zero-order valence-corrected chi connectivity index (χ0v) is 10.3. The predicted molar refractivity (Wildman–Crippen MR) is 67.7 cm³/mol. The van der Waals surface area contributed by atoms with Crippen molar-refractivity contribution in [3.8, 4) is 12.1 Å². The van der Waals surface area contributed by atoms with Crippen LogP contribution in [-0.2, 0) is 0 Å². The number of nitrogens with two attached hydrogens (primary N) is 1. The summed E-state index contributed by atoms with van der Waals surface area (Å²) in [5, 5.41) is 22.0. The average molecular weight is 247 g/mol. The molecule has 0 aliphatic carbocycles. The molecule has 1 aliphatic rings. The summed E-state index contributed by atoms with van der Waals surface area (Å²) in [6.07, 6.45) is 1.04. The molecule has 88 valence electrons. The molecule has 1 fully saturated rings. The summed E-state index contributed by atoms with van der Waals surface area (Å²) in [6.45, 7) is 2.00. The molecule has 1 aliphatic heterocycles. The lowest BCUT2D eigenvalue weighted by molar-refractivity contribution is 0.414. The fraction of sp³-hybridized carbons (Fsp3) is 0.455. The Kier molecular flexibility index (Phi) is 3.19. The number of hydrogen-bond acceptors (Lipinski definition) is 6. The van der Waals surface area contributed by atoms with Gasteiger partial charge in [0.2, 0.25) is 0 Å². The van der Waals surface area contributed by atoms with Crippen LogP contribution >= 0.6 is 11.3 Å². The first-order valence-electron chi connectivity index (χ1n) is 5.33. The number of nitrogen functional groups attached to an aromatic ring is 1. The van der Waals surface area contributed by atoms with E-state index in [2.05, 4.69) is 23.3 Å². The van der Waals surface area contributed by atoms with Crippen LogP contribution in [0.1, 0.15) is 16.9 Å². The molecule has 0 bridgehead atoms. The maximum Gasteiger partial charge on any atom is 0.131 e. The number of thiophene rings is 1. The number of likely N-dealkylation sites (N-methyl/N-ethyl adjacent to an activating group) is 1. The fourth-order valence-electron chi connectivity index (χ4n) is 1.98. The SMILES string of the molecule is CN1CCC(Nc2sc(C#N)c(N)c2C#N)C1. The van der Waals surface area contributed by atoms with Crippen molar-refractivity contribution >= 4 is 22.0 Å². The number of hydrogen-bond donors (Lipinski definition) is 2. The van der Waals surface area contributed by atoms with Crippen molar-refractivity contribution in [2.24, 2.45) is 0 Å². The number of likely N-dealkylation sites (tertiary alicyclic amines) is 1. The Hall–Kier alpha value is -1.76. The first-order valence-corrected chi connectivity index (χ1v) is 6.15. The summed E-state index contributed by atoms with van der Waals surface area (Å²) in [5.74, 6) is 0. The van der Waals surface area contributed by atoms with Gasteiger partial charge >= 0.3 is 0 Å². The summed E-state index contributed by atoms with van der Waals surface area (Å²) < 4.78 is 0. The topological polar surface area (TPSA) is 88.9 Å². The average Bonchev–Trinajstić information content (AvgIpc) is 2.83. The van der Waals surface area contributed by atoms with Crippen molar-refractivity contribution in [3.63, 3.8) is 0 Å². The van der Waals surface area contributed by atoms with Crippen molar-refractivity contribution in [3.05, 3.63) is 10.4 Å². The number of nitrogens with one attached hydrogen (secondary N) is 1. The first-order chi connectivity index (χ1) is 8.15. The molecule has 0 spiro atoms. The van der Waals surface area contributed by atoms with Crippen molar-refractivity contribution in [2.45, 2.75) is 12.5 Å². The van der Waals surface area contributed by atoms with Gasteiger partial charge in [-0.2, -0.15) is 10.5 Å². The lowest BCUT2D eigenvalue weighted by atomic mass is 10.2. The van der Waals surface area contributed by atoms with Crippen molar-refractivity contribution < 1.29 is 0 Å². The molecule has 2 heterocycles. The van der Waals surface area contributed by atoms with Crippen LogP contribution in [0.25, 0.3) is 0 Å². The van der Waals surface area contributed by atoms with Crippen molar-refractivity contribution in [1.29, 1.82) is 10.5 Å². The molecule has 1 unspecified atom stereocenters. The first kappa shape index (κ1) is 11.7. The van der Waals surface area contributed by atoms with E-state index in [-0.39, 0.29) is 0 Å². The van der Waals surface area contributed by atoms with Gasteiger partial charge in [-0.1, -0.05) is 0 Å². The van der Waals surface area contributed by atoms with Gasteiger partial charge < -0.3 is 16.0 Å². The van der Waals surface area contributed by atoms with Gasteiger partial charge in [-0.05, 0) is 20.0 Å². The number of anilines is 2. The third-order valence-electron chi connectivity index (χ3n) is 2.89. The number of nitriles is 2. The van der Waals surface area contributed by atoms with E-state index in [1.165, 1.54) is 11.3 Å². The van der Waals surface area contributed by atoms with E-state index < -0.39 is 0 Å². The van der Waals surface area contributed by atoms with Gasteiger partial charge in [-0.15, -0.1) is 11.3 Å². The van der Waals surface area contributed by atoms with Gasteiger partial charge in [0, 0.05) is 12.6 Å². The third kappa shape index (κ3) is 2.19. The molecule has 1 aromatic rings. The molecule has 1 aromatic heterocycles. The molecule has 5 nitrogen and oxygen atoms in total. The van der Waals surface area contributed by atoms with Crippen LogP contribution < -0.4 is 11.1 Å². The van der Waals surface area contributed by atoms with E-state index in [1.807, 2.05) is 6.07 Å². The molecule has 0 radical (unpaired) electrons. The predicted octanol–water partition coefficient (Wildman–Crippen LogP) is 1.19. The van der Waals surface area contributed by atoms with E-state index in [0.717, 1.165) is 24.5 Å². The second-order valence-corrected chi connectivity index (χ2v) is 5.19. The maximum absolute atomic E-state index is 9.05. The quantitative estimate of drug-likeness (QED) is 0.819. The van der Waals surface area contributed by atoms with E-state index in [4.69, 9.17) is 16.3 Å². The highest BCUT2D eigenvalue weighted by Crippen LogP contribution is 2.35. The normalized spacial score (nSPS) is 19.8. The van der Waals surface area contributed by atoms with Crippen molar-refractivity contribution in [1.82, 2.24) is 4.90 Å². The minimum atomic E-state index is 0.300. The summed E-state index contributed by atoms with van der Waals surface area (Å²) >= 11 is 1.26. The minimum absolute atomic E-state index is 0.300. The van der Waals surface area contributed by atoms with E-state index in [9.17, 15) is 0 Å². The molecule has 3 N–H and O–H groups in total. The van der Waals surface area contributed by atoms with Gasteiger partial charge in [-0.3, -0.25) is 0 Å². The van der Waals surface area contributed by atoms with Gasteiger partial charge in [0.15, 0.2) is 0 Å². The zero-order valence-electron chi connectivity index (χ0n) is 9.53. The standard InChI is InChI=1S/C11H13N5S/c1-16-3-2-7(6-16)15-11-8(4-12)10(14)9(5-13)17-11/h7,15H,2-3,6,14H2,1H3. The Morgan fingerprint density at radius 2 is 2.24 bits per heavy atom. The monoisotopic (exact) mass is 247 g/mol. The zero-order chi connectivity index (χ0) is 12.4. The largest absolute Gasteiger partial charge is 0.396 e. The fourth-order valence-corrected chi connectivity index (χ4v) is 2.92. The van der Waals surface area contributed by atoms with Crippen LogP contribution in [0.15, 0.2) is 0 Å². The molecule has 2 rings (SSSR count). The maximum atomic E-state index is 9.05. The molecule has 17 heavy (non-hydrogen) atoms. The van der Waals surface area contributed by atoms with Gasteiger partial charge in [0.1, 0.15) is 27.6 Å². The van der Waals surface area contributed by atoms with Crippen LogP contribution in [0.4, 0.5) is 10.7 Å². The highest BCUT2D eigenvalue weighted by atomic mass is 32.1. The summed E-state index contributed by atoms with van der Waals surface area (Å²) in [4.78, 5) is 2.64. The summed E-state index contributed by atoms with van der Waals surface area (Å²) in [5.41, 5.74) is 6.45. The molecule has 6 heteroatoms. The van der Waals surface area contributed by atoms with Crippen LogP contribution in [0.5, 0.6) is 0 Å². The van der Waals surface area contributed by atoms with Crippen LogP contribution in [0.3, 0.4) is 0 Å². The molecule has 0 saturated carbocycles. The lowest BCUT2D eigenvalue weighted by Crippen LogP contribution is -2.23. The molecule has 0 aromatic carbocycles. The Balaban J connectivity index is 2.22. The van der Waals surface area contributed by atoms with E-state index in [1.54, 1.807) is 0 Å². The van der Waals surface area contributed by atoms with E-state index >= 15 is 0 Å². The van der Waals surface area contributed by atoms with Crippen LogP contribution in [-0.4, -0.2) is 31.1 Å². The van der Waals surface area contributed by atoms with Gasteiger partial charge in [-0.25, -0.2) is 0 Å². The Bertz CT molecular complexity index is 507. The number of nitrogens with zero attached hydrogens (tertiary/aromatic N) is 3. The Morgan fingerprint density at radius 1 is 1.47 bits per heavy atom. The molecule has 0 amide bonds. The molecule has 1 atom stereocenters. The molecular formula is C11H13N5S. The minimum Gasteiger partial charge on any atom is -0.396 e. The second-order valence-electron chi connectivity index (χ2n) is 4.16. The van der Waals surface area contributed by atoms with Crippen LogP contribution in [0.2, 0.25) is 0 Å². The van der Waals surface area contributed by atoms with E-state index in [0.29, 0.717) is 22.2 Å². The second kappa shape index (κ2) is 4.62. The summed E-state index contributed by atoms with van der Waals surface area (Å²) in [7, 11) is 2.07. The lowest BCUT2D eigenvalue weighted by Gasteiger charge is -2.12. The van der Waals surface area contributed by atoms with Crippen LogP contribution in [0, 0.1) is 22.7 Å². The molecule has 1 saturated heterocycles. The third-order valence-corrected chi connectivity index (χ3v) is 3.93.